The molecule has 0 radical (unpaired) electrons. The van der Waals surface area contributed by atoms with Gasteiger partial charge in [0.15, 0.2) is 12.1 Å². The summed E-state index contributed by atoms with van der Waals surface area (Å²) in [6, 6.07) is 7.46. The van der Waals surface area contributed by atoms with E-state index in [1.807, 2.05) is 0 Å². The topological polar surface area (TPSA) is 91.4 Å². The molecule has 8 nitrogen and oxygen atoms in total. The second kappa shape index (κ2) is 7.78. The van der Waals surface area contributed by atoms with Crippen molar-refractivity contribution in [3.63, 3.8) is 0 Å². The predicted molar refractivity (Wildman–Crippen MR) is 81.7 cm³/mol. The van der Waals surface area contributed by atoms with Crippen LogP contribution in [0.2, 0.25) is 0 Å². The fourth-order valence-electron chi connectivity index (χ4n) is 2.53. The van der Waals surface area contributed by atoms with Gasteiger partial charge in [-0.3, -0.25) is 9.63 Å². The number of ether oxygens (including phenoxy) is 3. The Morgan fingerprint density at radius 1 is 1.04 bits per heavy atom. The summed E-state index contributed by atoms with van der Waals surface area (Å²) in [5, 5.41) is 1.20. The van der Waals surface area contributed by atoms with Gasteiger partial charge < -0.3 is 14.2 Å². The zero-order valence-electron chi connectivity index (χ0n) is 13.6. The molecule has 1 aliphatic heterocycles. The van der Waals surface area contributed by atoms with Crippen LogP contribution >= 0.6 is 0 Å². The van der Waals surface area contributed by atoms with Crippen LogP contribution in [0.4, 0.5) is 5.69 Å². The molecule has 0 unspecified atom stereocenters. The summed E-state index contributed by atoms with van der Waals surface area (Å²) < 4.78 is 14.5. The zero-order valence-corrected chi connectivity index (χ0v) is 13.6. The lowest BCUT2D eigenvalue weighted by atomic mass is 9.94. The van der Waals surface area contributed by atoms with Gasteiger partial charge in [-0.15, -0.1) is 0 Å². The predicted octanol–water partition coefficient (Wildman–Crippen LogP) is 0.701. The molecule has 0 bridgehead atoms. The van der Waals surface area contributed by atoms with Gasteiger partial charge in [-0.25, -0.2) is 14.7 Å². The van der Waals surface area contributed by atoms with Crippen molar-refractivity contribution in [3.05, 3.63) is 30.3 Å². The van der Waals surface area contributed by atoms with Crippen molar-refractivity contribution in [1.29, 1.82) is 0 Å². The highest BCUT2D eigenvalue weighted by atomic mass is 16.7. The first-order valence-corrected chi connectivity index (χ1v) is 7.38. The standard InChI is InChI=1S/C16H19NO7/c1-4-23-15(19)12-11(14(18)21-2)13(16(20)22-3)24-17(12)10-8-6-5-7-9-10/h5-9,11-13H,4H2,1-3H3/t11-,12+,13-/m0/s1. The third kappa shape index (κ3) is 3.33. The Balaban J connectivity index is 2.47. The van der Waals surface area contributed by atoms with E-state index < -0.39 is 36.0 Å². The molecule has 0 spiro atoms. The molecule has 130 valence electrons. The number of benzene rings is 1. The Bertz CT molecular complexity index is 604. The minimum atomic E-state index is -1.31. The van der Waals surface area contributed by atoms with Crippen molar-refractivity contribution in [2.75, 3.05) is 25.9 Å². The molecule has 0 amide bonds. The fraction of sp³-hybridized carbons (Fsp3) is 0.438. The van der Waals surface area contributed by atoms with Crippen LogP contribution in [0.5, 0.6) is 0 Å². The maximum absolute atomic E-state index is 12.4. The number of esters is 3. The van der Waals surface area contributed by atoms with Crippen molar-refractivity contribution in [3.8, 4) is 0 Å². The molecule has 1 aromatic rings. The van der Waals surface area contributed by atoms with E-state index in [4.69, 9.17) is 14.3 Å². The van der Waals surface area contributed by atoms with Gasteiger partial charge in [0.1, 0.15) is 5.92 Å². The van der Waals surface area contributed by atoms with Crippen LogP contribution in [-0.4, -0.2) is 50.9 Å². The van der Waals surface area contributed by atoms with E-state index in [2.05, 4.69) is 4.74 Å². The Morgan fingerprint density at radius 3 is 2.21 bits per heavy atom. The van der Waals surface area contributed by atoms with Gasteiger partial charge in [0.05, 0.1) is 26.5 Å². The van der Waals surface area contributed by atoms with Crippen molar-refractivity contribution in [1.82, 2.24) is 0 Å². The molecule has 1 fully saturated rings. The van der Waals surface area contributed by atoms with Gasteiger partial charge in [0.2, 0.25) is 0 Å². The number of anilines is 1. The molecule has 1 aliphatic rings. The molecular weight excluding hydrogens is 318 g/mol. The monoisotopic (exact) mass is 337 g/mol. The second-order valence-corrected chi connectivity index (χ2v) is 4.96. The van der Waals surface area contributed by atoms with Gasteiger partial charge >= 0.3 is 17.9 Å². The average Bonchev–Trinajstić information content (AvgIpc) is 3.02. The number of hydrogen-bond acceptors (Lipinski definition) is 8. The first kappa shape index (κ1) is 17.7. The molecular formula is C16H19NO7. The number of methoxy groups -OCH3 is 2. The lowest BCUT2D eigenvalue weighted by Gasteiger charge is -2.24. The minimum absolute atomic E-state index is 0.120. The van der Waals surface area contributed by atoms with Crippen molar-refractivity contribution < 1.29 is 33.4 Å². The van der Waals surface area contributed by atoms with Gasteiger partial charge in [-0.05, 0) is 19.1 Å². The van der Waals surface area contributed by atoms with E-state index in [-0.39, 0.29) is 6.61 Å². The number of rotatable bonds is 5. The first-order chi connectivity index (χ1) is 11.5. The summed E-state index contributed by atoms with van der Waals surface area (Å²) >= 11 is 0. The normalized spacial score (nSPS) is 22.8. The van der Waals surface area contributed by atoms with E-state index in [1.54, 1.807) is 37.3 Å². The first-order valence-electron chi connectivity index (χ1n) is 7.38. The lowest BCUT2D eigenvalue weighted by Crippen LogP contribution is -2.45. The Labute approximate surface area is 139 Å². The van der Waals surface area contributed by atoms with Crippen molar-refractivity contribution in [2.45, 2.75) is 19.1 Å². The molecule has 2 rings (SSSR count). The van der Waals surface area contributed by atoms with Crippen LogP contribution in [0, 0.1) is 5.92 Å². The molecule has 0 saturated carbocycles. The molecule has 0 aromatic heterocycles. The van der Waals surface area contributed by atoms with Crippen LogP contribution in [0.25, 0.3) is 0 Å². The molecule has 24 heavy (non-hydrogen) atoms. The SMILES string of the molecule is CCOC(=O)[C@H]1[C@H](C(=O)OC)[C@@H](C(=O)OC)ON1c1ccccc1. The molecule has 1 saturated heterocycles. The highest BCUT2D eigenvalue weighted by Gasteiger charge is 2.56. The molecule has 8 heteroatoms. The summed E-state index contributed by atoms with van der Waals surface area (Å²) in [4.78, 5) is 42.2. The van der Waals surface area contributed by atoms with E-state index >= 15 is 0 Å². The average molecular weight is 337 g/mol. The highest BCUT2D eigenvalue weighted by molar-refractivity contribution is 5.93. The zero-order chi connectivity index (χ0) is 17.7. The van der Waals surface area contributed by atoms with E-state index in [0.717, 1.165) is 0 Å². The molecule has 0 N–H and O–H groups in total. The van der Waals surface area contributed by atoms with Crippen LogP contribution < -0.4 is 5.06 Å². The smallest absolute Gasteiger partial charge is 0.338 e. The number of hydrogen-bond donors (Lipinski definition) is 0. The Morgan fingerprint density at radius 2 is 1.67 bits per heavy atom. The summed E-state index contributed by atoms with van der Waals surface area (Å²) in [5.41, 5.74) is 0.496. The van der Waals surface area contributed by atoms with Crippen molar-refractivity contribution in [2.24, 2.45) is 5.92 Å². The van der Waals surface area contributed by atoms with E-state index in [0.29, 0.717) is 5.69 Å². The van der Waals surface area contributed by atoms with Crippen molar-refractivity contribution >= 4 is 23.6 Å². The summed E-state index contributed by atoms with van der Waals surface area (Å²) in [7, 11) is 2.34. The molecule has 0 aliphatic carbocycles. The number of nitrogens with zero attached hydrogens (tertiary/aromatic N) is 1. The highest BCUT2D eigenvalue weighted by Crippen LogP contribution is 2.34. The van der Waals surface area contributed by atoms with Crippen LogP contribution in [0.3, 0.4) is 0 Å². The van der Waals surface area contributed by atoms with E-state index in [9.17, 15) is 14.4 Å². The van der Waals surface area contributed by atoms with Crippen LogP contribution in [0.15, 0.2) is 30.3 Å². The molecule has 1 aromatic carbocycles. The quantitative estimate of drug-likeness (QED) is 0.573. The third-order valence-corrected chi connectivity index (χ3v) is 3.59. The largest absolute Gasteiger partial charge is 0.469 e. The summed E-state index contributed by atoms with van der Waals surface area (Å²) in [6.45, 7) is 1.76. The Kier molecular flexibility index (Phi) is 5.75. The number of para-hydroxylation sites is 1. The molecule has 1 heterocycles. The van der Waals surface area contributed by atoms with Gasteiger partial charge in [0.25, 0.3) is 0 Å². The Hall–Kier alpha value is -2.61. The van der Waals surface area contributed by atoms with Crippen LogP contribution in [-0.2, 0) is 33.4 Å². The van der Waals surface area contributed by atoms with Gasteiger partial charge in [-0.1, -0.05) is 18.2 Å². The minimum Gasteiger partial charge on any atom is -0.469 e. The number of hydroxylamine groups is 1. The summed E-state index contributed by atoms with van der Waals surface area (Å²) in [6.07, 6.45) is -1.31. The lowest BCUT2D eigenvalue weighted by molar-refractivity contribution is -0.162. The maximum Gasteiger partial charge on any atom is 0.338 e. The fourth-order valence-corrected chi connectivity index (χ4v) is 2.53. The van der Waals surface area contributed by atoms with Gasteiger partial charge in [0, 0.05) is 0 Å². The maximum atomic E-state index is 12.4. The summed E-state index contributed by atoms with van der Waals surface area (Å²) in [5.74, 6) is -3.44. The number of carbonyl (C=O) groups excluding carboxylic acids is 3. The third-order valence-electron chi connectivity index (χ3n) is 3.59. The number of carbonyl (C=O) groups is 3. The van der Waals surface area contributed by atoms with E-state index in [1.165, 1.54) is 19.3 Å². The molecule has 3 atom stereocenters. The van der Waals surface area contributed by atoms with Gasteiger partial charge in [-0.2, -0.15) is 0 Å². The van der Waals surface area contributed by atoms with Crippen LogP contribution in [0.1, 0.15) is 6.92 Å². The second-order valence-electron chi connectivity index (χ2n) is 4.96.